The average molecular weight is 294 g/mol. The molecule has 0 radical (unpaired) electrons. The van der Waals surface area contributed by atoms with Gasteiger partial charge in [0.2, 0.25) is 0 Å². The van der Waals surface area contributed by atoms with E-state index in [9.17, 15) is 14.4 Å². The molecule has 1 aliphatic heterocycles. The van der Waals surface area contributed by atoms with Crippen molar-refractivity contribution in [1.82, 2.24) is 0 Å². The van der Waals surface area contributed by atoms with E-state index in [1.165, 1.54) is 0 Å². The molecule has 0 aromatic heterocycles. The number of hydrogen-bond donors (Lipinski definition) is 0. The second-order valence-electron chi connectivity index (χ2n) is 5.83. The molecule has 2 saturated carbocycles. The number of carbonyl (C=O) groups is 3. The predicted molar refractivity (Wildman–Crippen MR) is 69.9 cm³/mol. The molecule has 21 heavy (non-hydrogen) atoms. The van der Waals surface area contributed by atoms with Gasteiger partial charge < -0.3 is 14.2 Å². The van der Waals surface area contributed by atoms with Crippen LogP contribution < -0.4 is 0 Å². The highest BCUT2D eigenvalue weighted by Gasteiger charge is 2.63. The summed E-state index contributed by atoms with van der Waals surface area (Å²) in [4.78, 5) is 34.3. The van der Waals surface area contributed by atoms with Crippen molar-refractivity contribution in [1.29, 1.82) is 0 Å². The van der Waals surface area contributed by atoms with Gasteiger partial charge in [0.25, 0.3) is 0 Å². The third-order valence-corrected chi connectivity index (χ3v) is 4.62. The first-order chi connectivity index (χ1) is 10.1. The van der Waals surface area contributed by atoms with Crippen LogP contribution >= 0.6 is 0 Å². The Bertz CT molecular complexity index is 485. The maximum atomic E-state index is 11.8. The van der Waals surface area contributed by atoms with Crippen molar-refractivity contribution < 1.29 is 28.6 Å². The van der Waals surface area contributed by atoms with E-state index in [0.717, 1.165) is 18.9 Å². The zero-order chi connectivity index (χ0) is 15.0. The molecule has 0 spiro atoms. The number of rotatable bonds is 6. The highest BCUT2D eigenvalue weighted by atomic mass is 16.6. The molecular formula is C15H18O6. The molecule has 5 atom stereocenters. The summed E-state index contributed by atoms with van der Waals surface area (Å²) in [5, 5.41) is 0. The van der Waals surface area contributed by atoms with Crippen molar-refractivity contribution >= 4 is 17.9 Å². The van der Waals surface area contributed by atoms with Gasteiger partial charge in [-0.1, -0.05) is 6.58 Å². The lowest BCUT2D eigenvalue weighted by Crippen LogP contribution is -2.36. The number of carbonyl (C=O) groups excluding carboxylic acids is 3. The molecule has 6 heteroatoms. The lowest BCUT2D eigenvalue weighted by atomic mass is 9.88. The van der Waals surface area contributed by atoms with Crippen LogP contribution in [0.2, 0.25) is 0 Å². The zero-order valence-corrected chi connectivity index (χ0v) is 11.7. The van der Waals surface area contributed by atoms with E-state index in [4.69, 9.17) is 14.2 Å². The Kier molecular flexibility index (Phi) is 3.69. The Balaban J connectivity index is 1.43. The Hall–Kier alpha value is -1.85. The molecule has 0 N–H and O–H groups in total. The molecule has 1 heterocycles. The Morgan fingerprint density at radius 2 is 2.19 bits per heavy atom. The zero-order valence-electron chi connectivity index (χ0n) is 11.7. The first kappa shape index (κ1) is 14.1. The Morgan fingerprint density at radius 3 is 2.95 bits per heavy atom. The van der Waals surface area contributed by atoms with Crippen molar-refractivity contribution in [2.75, 3.05) is 6.61 Å². The standard InChI is InChI=1S/C15H18O6/c1-2-11(16)19-5-3-4-12(17)20-13-8-6-9-10(7-8)15(18)21-14(9)13/h2,8-10,13-14H,1,3-7H2. The highest BCUT2D eigenvalue weighted by Crippen LogP contribution is 2.55. The molecule has 0 aromatic rings. The van der Waals surface area contributed by atoms with Gasteiger partial charge in [-0.3, -0.25) is 9.59 Å². The van der Waals surface area contributed by atoms with Crippen LogP contribution in [-0.4, -0.2) is 36.7 Å². The summed E-state index contributed by atoms with van der Waals surface area (Å²) in [5.41, 5.74) is 0. The predicted octanol–water partition coefficient (Wildman–Crippen LogP) is 0.989. The highest BCUT2D eigenvalue weighted by molar-refractivity contribution is 5.81. The fraction of sp³-hybridized carbons (Fsp3) is 0.667. The second kappa shape index (κ2) is 5.50. The number of fused-ring (bicyclic) bond motifs is 1. The molecule has 114 valence electrons. The minimum atomic E-state index is -0.500. The van der Waals surface area contributed by atoms with Gasteiger partial charge in [0, 0.05) is 24.3 Å². The summed E-state index contributed by atoms with van der Waals surface area (Å²) in [6.07, 6.45) is 2.82. The maximum absolute atomic E-state index is 11.8. The molecule has 0 amide bonds. The third kappa shape index (κ3) is 2.54. The fourth-order valence-corrected chi connectivity index (χ4v) is 3.72. The molecule has 6 nitrogen and oxygen atoms in total. The van der Waals surface area contributed by atoms with Gasteiger partial charge in [0.15, 0.2) is 0 Å². The van der Waals surface area contributed by atoms with Gasteiger partial charge in [-0.15, -0.1) is 0 Å². The lowest BCUT2D eigenvalue weighted by molar-refractivity contribution is -0.162. The van der Waals surface area contributed by atoms with Gasteiger partial charge in [-0.05, 0) is 19.3 Å². The van der Waals surface area contributed by atoms with Crippen molar-refractivity contribution in [3.05, 3.63) is 12.7 Å². The van der Waals surface area contributed by atoms with Crippen LogP contribution in [-0.2, 0) is 28.6 Å². The van der Waals surface area contributed by atoms with Crippen molar-refractivity contribution in [2.45, 2.75) is 37.9 Å². The fourth-order valence-electron chi connectivity index (χ4n) is 3.72. The molecular weight excluding hydrogens is 276 g/mol. The summed E-state index contributed by atoms with van der Waals surface area (Å²) in [6.45, 7) is 3.45. The monoisotopic (exact) mass is 294 g/mol. The molecule has 2 bridgehead atoms. The van der Waals surface area contributed by atoms with Gasteiger partial charge in [-0.25, -0.2) is 4.79 Å². The maximum Gasteiger partial charge on any atom is 0.330 e. The van der Waals surface area contributed by atoms with E-state index in [-0.39, 0.29) is 54.9 Å². The van der Waals surface area contributed by atoms with E-state index in [0.29, 0.717) is 6.42 Å². The summed E-state index contributed by atoms with van der Waals surface area (Å²) >= 11 is 0. The van der Waals surface area contributed by atoms with Crippen LogP contribution in [0.3, 0.4) is 0 Å². The first-order valence-electron chi connectivity index (χ1n) is 7.29. The Labute approximate surface area is 122 Å². The third-order valence-electron chi connectivity index (χ3n) is 4.62. The largest absolute Gasteiger partial charge is 0.463 e. The van der Waals surface area contributed by atoms with Crippen LogP contribution in [0.1, 0.15) is 25.7 Å². The summed E-state index contributed by atoms with van der Waals surface area (Å²) in [6, 6.07) is 0. The molecule has 2 aliphatic carbocycles. The molecule has 5 unspecified atom stereocenters. The van der Waals surface area contributed by atoms with Crippen molar-refractivity contribution in [3.63, 3.8) is 0 Å². The van der Waals surface area contributed by atoms with E-state index in [2.05, 4.69) is 6.58 Å². The number of ether oxygens (including phenoxy) is 3. The lowest BCUT2D eigenvalue weighted by Gasteiger charge is -2.25. The molecule has 1 saturated heterocycles. The van der Waals surface area contributed by atoms with Gasteiger partial charge in [0.1, 0.15) is 12.2 Å². The topological polar surface area (TPSA) is 78.9 Å². The second-order valence-corrected chi connectivity index (χ2v) is 5.83. The number of hydrogen-bond acceptors (Lipinski definition) is 6. The molecule has 0 aromatic carbocycles. The van der Waals surface area contributed by atoms with Crippen LogP contribution in [0.25, 0.3) is 0 Å². The van der Waals surface area contributed by atoms with Crippen LogP contribution in [0, 0.1) is 17.8 Å². The molecule has 3 fully saturated rings. The van der Waals surface area contributed by atoms with Gasteiger partial charge in [-0.2, -0.15) is 0 Å². The summed E-state index contributed by atoms with van der Waals surface area (Å²) in [5.74, 6) is -0.467. The van der Waals surface area contributed by atoms with E-state index < -0.39 is 5.97 Å². The van der Waals surface area contributed by atoms with E-state index in [1.807, 2.05) is 0 Å². The van der Waals surface area contributed by atoms with Crippen LogP contribution in [0.15, 0.2) is 12.7 Å². The van der Waals surface area contributed by atoms with Gasteiger partial charge in [0.05, 0.1) is 12.5 Å². The normalized spacial score (nSPS) is 35.4. The van der Waals surface area contributed by atoms with Crippen molar-refractivity contribution in [3.8, 4) is 0 Å². The molecule has 3 aliphatic rings. The van der Waals surface area contributed by atoms with E-state index in [1.54, 1.807) is 0 Å². The van der Waals surface area contributed by atoms with Gasteiger partial charge >= 0.3 is 17.9 Å². The summed E-state index contributed by atoms with van der Waals surface area (Å²) in [7, 11) is 0. The Morgan fingerprint density at radius 1 is 1.38 bits per heavy atom. The molecule has 3 rings (SSSR count). The SMILES string of the molecule is C=CC(=O)OCCCC(=O)OC1C2CC3C(=O)OC1C3C2. The summed E-state index contributed by atoms with van der Waals surface area (Å²) < 4.78 is 15.6. The minimum Gasteiger partial charge on any atom is -0.463 e. The van der Waals surface area contributed by atoms with Crippen LogP contribution in [0.4, 0.5) is 0 Å². The quantitative estimate of drug-likeness (QED) is 0.314. The minimum absolute atomic E-state index is 0.0215. The number of esters is 3. The van der Waals surface area contributed by atoms with E-state index >= 15 is 0 Å². The van der Waals surface area contributed by atoms with Crippen LogP contribution in [0.5, 0.6) is 0 Å². The van der Waals surface area contributed by atoms with Crippen molar-refractivity contribution in [2.24, 2.45) is 17.8 Å². The average Bonchev–Trinajstić information content (AvgIpc) is 3.08. The smallest absolute Gasteiger partial charge is 0.330 e. The first-order valence-corrected chi connectivity index (χ1v) is 7.29.